The largest absolute Gasteiger partial charge is 0.493 e. The van der Waals surface area contributed by atoms with Gasteiger partial charge in [0, 0.05) is 16.5 Å². The van der Waals surface area contributed by atoms with E-state index >= 15 is 0 Å². The number of carboxylic acids is 1. The average Bonchev–Trinajstić information content (AvgIpc) is 3.06. The van der Waals surface area contributed by atoms with E-state index in [-0.39, 0.29) is 6.42 Å². The summed E-state index contributed by atoms with van der Waals surface area (Å²) in [6, 6.07) is 22.8. The van der Waals surface area contributed by atoms with Crippen LogP contribution in [0.3, 0.4) is 0 Å². The highest BCUT2D eigenvalue weighted by molar-refractivity contribution is 5.95. The highest BCUT2D eigenvalue weighted by Crippen LogP contribution is 2.37. The van der Waals surface area contributed by atoms with Gasteiger partial charge in [0.1, 0.15) is 17.2 Å². The fraction of sp³-hybridized carbons (Fsp3) is 0.125. The number of para-hydroxylation sites is 2. The van der Waals surface area contributed by atoms with Crippen molar-refractivity contribution < 1.29 is 19.4 Å². The number of aromatic amines is 1. The van der Waals surface area contributed by atoms with E-state index in [0.29, 0.717) is 23.7 Å². The lowest BCUT2D eigenvalue weighted by molar-refractivity contribution is -0.136. The zero-order valence-electron chi connectivity index (χ0n) is 16.0. The summed E-state index contributed by atoms with van der Waals surface area (Å²) in [4.78, 5) is 15.0. The molecule has 1 aromatic heterocycles. The van der Waals surface area contributed by atoms with Gasteiger partial charge in [-0.3, -0.25) is 4.79 Å². The van der Waals surface area contributed by atoms with Crippen molar-refractivity contribution in [2.24, 2.45) is 0 Å². The molecule has 5 heteroatoms. The summed E-state index contributed by atoms with van der Waals surface area (Å²) < 4.78 is 11.7. The SMILES string of the molecule is CCOc1ccccc1-c1[nH]c2ccc(Oc3ccccc3)cc2c1CC(=O)O. The Bertz CT molecular complexity index is 1150. The lowest BCUT2D eigenvalue weighted by Gasteiger charge is -2.10. The van der Waals surface area contributed by atoms with E-state index in [0.717, 1.165) is 27.9 Å². The molecule has 0 aliphatic rings. The van der Waals surface area contributed by atoms with Gasteiger partial charge in [0.15, 0.2) is 0 Å². The molecule has 0 spiro atoms. The highest BCUT2D eigenvalue weighted by atomic mass is 16.5. The Morgan fingerprint density at radius 1 is 0.966 bits per heavy atom. The Hall–Kier alpha value is -3.73. The molecule has 3 aromatic carbocycles. The van der Waals surface area contributed by atoms with Crippen LogP contribution in [0.1, 0.15) is 12.5 Å². The predicted molar refractivity (Wildman–Crippen MR) is 113 cm³/mol. The van der Waals surface area contributed by atoms with Gasteiger partial charge in [0.25, 0.3) is 0 Å². The highest BCUT2D eigenvalue weighted by Gasteiger charge is 2.19. The van der Waals surface area contributed by atoms with Crippen LogP contribution in [-0.2, 0) is 11.2 Å². The maximum absolute atomic E-state index is 11.6. The molecule has 0 amide bonds. The minimum absolute atomic E-state index is 0.107. The number of nitrogens with one attached hydrogen (secondary N) is 1. The van der Waals surface area contributed by atoms with E-state index in [1.807, 2.05) is 79.7 Å². The summed E-state index contributed by atoms with van der Waals surface area (Å²) in [7, 11) is 0. The third kappa shape index (κ3) is 3.94. The third-order valence-corrected chi connectivity index (χ3v) is 4.64. The maximum atomic E-state index is 11.6. The summed E-state index contributed by atoms with van der Waals surface area (Å²) in [5.74, 6) is 1.20. The maximum Gasteiger partial charge on any atom is 0.307 e. The van der Waals surface area contributed by atoms with Gasteiger partial charge in [-0.1, -0.05) is 30.3 Å². The van der Waals surface area contributed by atoms with Crippen LogP contribution in [0.15, 0.2) is 72.8 Å². The quantitative estimate of drug-likeness (QED) is 0.430. The van der Waals surface area contributed by atoms with Gasteiger partial charge in [0.2, 0.25) is 0 Å². The van der Waals surface area contributed by atoms with E-state index in [9.17, 15) is 9.90 Å². The van der Waals surface area contributed by atoms with Gasteiger partial charge in [0.05, 0.1) is 18.7 Å². The first-order chi connectivity index (χ1) is 14.2. The van der Waals surface area contributed by atoms with Crippen LogP contribution in [0.4, 0.5) is 0 Å². The minimum atomic E-state index is -0.893. The first-order valence-electron chi connectivity index (χ1n) is 9.47. The number of hydrogen-bond donors (Lipinski definition) is 2. The van der Waals surface area contributed by atoms with E-state index in [1.54, 1.807) is 0 Å². The van der Waals surface area contributed by atoms with Crippen LogP contribution in [0.25, 0.3) is 22.2 Å². The van der Waals surface area contributed by atoms with Crippen molar-refractivity contribution in [3.05, 3.63) is 78.4 Å². The number of rotatable bonds is 7. The number of aliphatic carboxylic acids is 1. The topological polar surface area (TPSA) is 71.5 Å². The monoisotopic (exact) mass is 387 g/mol. The van der Waals surface area contributed by atoms with Crippen LogP contribution in [0, 0.1) is 0 Å². The Balaban J connectivity index is 1.84. The molecule has 0 bridgehead atoms. The van der Waals surface area contributed by atoms with Crippen LogP contribution in [0.2, 0.25) is 0 Å². The van der Waals surface area contributed by atoms with Crippen molar-refractivity contribution in [1.82, 2.24) is 4.98 Å². The average molecular weight is 387 g/mol. The first-order valence-corrected chi connectivity index (χ1v) is 9.47. The number of aromatic nitrogens is 1. The van der Waals surface area contributed by atoms with Crippen LogP contribution < -0.4 is 9.47 Å². The molecule has 29 heavy (non-hydrogen) atoms. The number of fused-ring (bicyclic) bond motifs is 1. The number of H-pyrrole nitrogens is 1. The Morgan fingerprint density at radius 2 is 1.72 bits per heavy atom. The van der Waals surface area contributed by atoms with Gasteiger partial charge in [-0.25, -0.2) is 0 Å². The molecule has 146 valence electrons. The molecule has 0 aliphatic carbocycles. The lowest BCUT2D eigenvalue weighted by atomic mass is 10.0. The van der Waals surface area contributed by atoms with Crippen molar-refractivity contribution in [3.8, 4) is 28.5 Å². The molecule has 1 heterocycles. The normalized spacial score (nSPS) is 10.8. The first kappa shape index (κ1) is 18.6. The van der Waals surface area contributed by atoms with Crippen molar-refractivity contribution in [2.75, 3.05) is 6.61 Å². The van der Waals surface area contributed by atoms with E-state index in [1.165, 1.54) is 0 Å². The van der Waals surface area contributed by atoms with Crippen molar-refractivity contribution in [1.29, 1.82) is 0 Å². The zero-order chi connectivity index (χ0) is 20.2. The number of carbonyl (C=O) groups is 1. The van der Waals surface area contributed by atoms with E-state index in [2.05, 4.69) is 4.98 Å². The standard InChI is InChI=1S/C24H21NO4/c1-2-28-22-11-7-6-10-18(22)24-20(15-23(26)27)19-14-17(12-13-21(19)25-24)29-16-8-4-3-5-9-16/h3-14,25H,2,15H2,1H3,(H,26,27). The summed E-state index contributed by atoms with van der Waals surface area (Å²) in [6.07, 6.45) is -0.107. The Kier molecular flexibility index (Phi) is 5.20. The second kappa shape index (κ2) is 8.10. The Morgan fingerprint density at radius 3 is 2.48 bits per heavy atom. The zero-order valence-corrected chi connectivity index (χ0v) is 16.0. The molecule has 0 fully saturated rings. The second-order valence-electron chi connectivity index (χ2n) is 6.60. The summed E-state index contributed by atoms with van der Waals surface area (Å²) >= 11 is 0. The molecule has 0 saturated carbocycles. The molecule has 0 saturated heterocycles. The van der Waals surface area contributed by atoms with Gasteiger partial charge in [-0.2, -0.15) is 0 Å². The van der Waals surface area contributed by atoms with Gasteiger partial charge >= 0.3 is 5.97 Å². The number of carboxylic acid groups (broad SMARTS) is 1. The minimum Gasteiger partial charge on any atom is -0.493 e. The van der Waals surface area contributed by atoms with Crippen molar-refractivity contribution in [2.45, 2.75) is 13.3 Å². The molecule has 5 nitrogen and oxygen atoms in total. The van der Waals surface area contributed by atoms with Crippen LogP contribution in [-0.4, -0.2) is 22.7 Å². The fourth-order valence-corrected chi connectivity index (χ4v) is 3.43. The second-order valence-corrected chi connectivity index (χ2v) is 6.60. The number of ether oxygens (including phenoxy) is 2. The molecule has 4 aromatic rings. The summed E-state index contributed by atoms with van der Waals surface area (Å²) in [5.41, 5.74) is 3.15. The van der Waals surface area contributed by atoms with Crippen LogP contribution in [0.5, 0.6) is 17.2 Å². The summed E-state index contributed by atoms with van der Waals surface area (Å²) in [6.45, 7) is 2.45. The molecule has 0 radical (unpaired) electrons. The van der Waals surface area contributed by atoms with Gasteiger partial charge in [-0.15, -0.1) is 0 Å². The molecular formula is C24H21NO4. The predicted octanol–water partition coefficient (Wildman–Crippen LogP) is 5.65. The third-order valence-electron chi connectivity index (χ3n) is 4.64. The summed E-state index contributed by atoms with van der Waals surface area (Å²) in [5, 5.41) is 10.3. The molecule has 0 aliphatic heterocycles. The molecule has 4 rings (SSSR count). The van der Waals surface area contributed by atoms with Gasteiger partial charge < -0.3 is 19.6 Å². The van der Waals surface area contributed by atoms with Crippen LogP contribution >= 0.6 is 0 Å². The van der Waals surface area contributed by atoms with Crippen molar-refractivity contribution >= 4 is 16.9 Å². The lowest BCUT2D eigenvalue weighted by Crippen LogP contribution is -2.02. The smallest absolute Gasteiger partial charge is 0.307 e. The molecule has 2 N–H and O–H groups in total. The molecule has 0 unspecified atom stereocenters. The number of benzene rings is 3. The number of hydrogen-bond acceptors (Lipinski definition) is 3. The van der Waals surface area contributed by atoms with E-state index < -0.39 is 5.97 Å². The van der Waals surface area contributed by atoms with Crippen molar-refractivity contribution in [3.63, 3.8) is 0 Å². The molecular weight excluding hydrogens is 366 g/mol. The molecule has 0 atom stereocenters. The fourth-order valence-electron chi connectivity index (χ4n) is 3.43. The Labute approximate surface area is 168 Å². The van der Waals surface area contributed by atoms with Gasteiger partial charge in [-0.05, 0) is 55.0 Å². The van der Waals surface area contributed by atoms with E-state index in [4.69, 9.17) is 9.47 Å².